The number of carbonyl (C=O) groups excluding carboxylic acids is 1. The standard InChI is InChI=1S/C16H26N4O2/c1-5-11(22-6-2)9-18-15-12-7-8-17-16(21)13(12)19-14(20-15)10(3)4/h10-11H,5-9H2,1-4H3,(H,17,21)(H,18,19,20). The van der Waals surface area contributed by atoms with E-state index in [2.05, 4.69) is 27.5 Å². The maximum absolute atomic E-state index is 12.1. The quantitative estimate of drug-likeness (QED) is 0.807. The van der Waals surface area contributed by atoms with Crippen LogP contribution < -0.4 is 10.6 Å². The van der Waals surface area contributed by atoms with Gasteiger partial charge in [-0.3, -0.25) is 4.79 Å². The molecular formula is C16H26N4O2. The highest BCUT2D eigenvalue weighted by atomic mass is 16.5. The van der Waals surface area contributed by atoms with E-state index in [1.807, 2.05) is 20.8 Å². The van der Waals surface area contributed by atoms with E-state index >= 15 is 0 Å². The fourth-order valence-electron chi connectivity index (χ4n) is 2.48. The van der Waals surface area contributed by atoms with Crippen LogP contribution in [0.15, 0.2) is 0 Å². The van der Waals surface area contributed by atoms with E-state index in [0.29, 0.717) is 31.2 Å². The number of nitrogens with zero attached hydrogens (tertiary/aromatic N) is 2. The molecule has 122 valence electrons. The van der Waals surface area contributed by atoms with Gasteiger partial charge in [-0.05, 0) is 19.8 Å². The molecule has 0 aliphatic carbocycles. The molecule has 1 aliphatic heterocycles. The Morgan fingerprint density at radius 2 is 2.09 bits per heavy atom. The molecule has 6 heteroatoms. The van der Waals surface area contributed by atoms with E-state index in [1.165, 1.54) is 0 Å². The second kappa shape index (κ2) is 7.54. The van der Waals surface area contributed by atoms with Crippen LogP contribution in [0.5, 0.6) is 0 Å². The van der Waals surface area contributed by atoms with Gasteiger partial charge in [-0.1, -0.05) is 20.8 Å². The van der Waals surface area contributed by atoms with Crippen molar-refractivity contribution in [2.75, 3.05) is 25.0 Å². The van der Waals surface area contributed by atoms with Crippen LogP contribution >= 0.6 is 0 Å². The van der Waals surface area contributed by atoms with Gasteiger partial charge < -0.3 is 15.4 Å². The molecule has 1 aliphatic rings. The molecule has 0 spiro atoms. The van der Waals surface area contributed by atoms with Crippen molar-refractivity contribution in [3.8, 4) is 0 Å². The summed E-state index contributed by atoms with van der Waals surface area (Å²) in [5.74, 6) is 1.55. The lowest BCUT2D eigenvalue weighted by Crippen LogP contribution is -2.35. The first kappa shape index (κ1) is 16.7. The van der Waals surface area contributed by atoms with E-state index in [9.17, 15) is 4.79 Å². The van der Waals surface area contributed by atoms with Crippen molar-refractivity contribution in [3.05, 3.63) is 17.1 Å². The molecule has 0 bridgehead atoms. The van der Waals surface area contributed by atoms with E-state index in [4.69, 9.17) is 4.74 Å². The minimum absolute atomic E-state index is 0.106. The lowest BCUT2D eigenvalue weighted by atomic mass is 10.1. The molecular weight excluding hydrogens is 280 g/mol. The Labute approximate surface area is 132 Å². The maximum atomic E-state index is 12.1. The topological polar surface area (TPSA) is 76.1 Å². The average Bonchev–Trinajstić information content (AvgIpc) is 2.51. The minimum Gasteiger partial charge on any atom is -0.377 e. The molecule has 0 saturated heterocycles. The Kier molecular flexibility index (Phi) is 5.71. The fourth-order valence-corrected chi connectivity index (χ4v) is 2.48. The van der Waals surface area contributed by atoms with Gasteiger partial charge in [0, 0.05) is 31.2 Å². The van der Waals surface area contributed by atoms with E-state index < -0.39 is 0 Å². The lowest BCUT2D eigenvalue weighted by molar-refractivity contribution is 0.0694. The summed E-state index contributed by atoms with van der Waals surface area (Å²) in [6.07, 6.45) is 1.84. The van der Waals surface area contributed by atoms with Crippen LogP contribution in [0.2, 0.25) is 0 Å². The largest absolute Gasteiger partial charge is 0.377 e. The van der Waals surface area contributed by atoms with Gasteiger partial charge in [0.05, 0.1) is 6.10 Å². The van der Waals surface area contributed by atoms with Crippen LogP contribution in [-0.2, 0) is 11.2 Å². The van der Waals surface area contributed by atoms with Gasteiger partial charge in [0.15, 0.2) is 0 Å². The molecule has 2 heterocycles. The van der Waals surface area contributed by atoms with Crippen LogP contribution in [0, 0.1) is 0 Å². The zero-order valence-corrected chi connectivity index (χ0v) is 13.9. The number of fused-ring (bicyclic) bond motifs is 1. The number of anilines is 1. The third kappa shape index (κ3) is 3.74. The Morgan fingerprint density at radius 3 is 2.73 bits per heavy atom. The Balaban J connectivity index is 2.27. The molecule has 2 rings (SSSR count). The monoisotopic (exact) mass is 306 g/mol. The van der Waals surface area contributed by atoms with Crippen molar-refractivity contribution in [2.45, 2.75) is 52.6 Å². The van der Waals surface area contributed by atoms with Gasteiger partial charge in [0.25, 0.3) is 5.91 Å². The summed E-state index contributed by atoms with van der Waals surface area (Å²) in [6.45, 7) is 10.2. The summed E-state index contributed by atoms with van der Waals surface area (Å²) >= 11 is 0. The second-order valence-corrected chi connectivity index (χ2v) is 5.78. The molecule has 1 aromatic rings. The highest BCUT2D eigenvalue weighted by Gasteiger charge is 2.24. The first-order valence-corrected chi connectivity index (χ1v) is 8.11. The van der Waals surface area contributed by atoms with Crippen molar-refractivity contribution in [1.29, 1.82) is 0 Å². The SMILES string of the molecule is CCOC(CC)CNc1nc(C(C)C)nc2c1CCNC2=O. The van der Waals surface area contributed by atoms with E-state index in [-0.39, 0.29) is 17.9 Å². The lowest BCUT2D eigenvalue weighted by Gasteiger charge is -2.22. The smallest absolute Gasteiger partial charge is 0.270 e. The highest BCUT2D eigenvalue weighted by molar-refractivity contribution is 5.96. The molecule has 2 N–H and O–H groups in total. The fraction of sp³-hybridized carbons (Fsp3) is 0.688. The number of hydrogen-bond acceptors (Lipinski definition) is 5. The molecule has 1 atom stereocenters. The predicted octanol–water partition coefficient (Wildman–Crippen LogP) is 2.11. The van der Waals surface area contributed by atoms with E-state index in [1.54, 1.807) is 0 Å². The number of rotatable bonds is 7. The summed E-state index contributed by atoms with van der Waals surface area (Å²) in [4.78, 5) is 21.1. The second-order valence-electron chi connectivity index (χ2n) is 5.78. The first-order valence-electron chi connectivity index (χ1n) is 8.11. The summed E-state index contributed by atoms with van der Waals surface area (Å²) < 4.78 is 5.67. The molecule has 22 heavy (non-hydrogen) atoms. The van der Waals surface area contributed by atoms with E-state index in [0.717, 1.165) is 24.2 Å². The van der Waals surface area contributed by atoms with Crippen LogP contribution in [0.1, 0.15) is 61.9 Å². The molecule has 1 aromatic heterocycles. The van der Waals surface area contributed by atoms with Gasteiger partial charge in [0.2, 0.25) is 0 Å². The molecule has 0 saturated carbocycles. The minimum atomic E-state index is -0.106. The molecule has 6 nitrogen and oxygen atoms in total. The average molecular weight is 306 g/mol. The molecule has 0 radical (unpaired) electrons. The van der Waals surface area contributed by atoms with Crippen LogP contribution in [0.25, 0.3) is 0 Å². The number of amides is 1. The molecule has 1 amide bonds. The normalized spacial score (nSPS) is 15.4. The third-order valence-corrected chi connectivity index (χ3v) is 3.77. The summed E-state index contributed by atoms with van der Waals surface area (Å²) in [5, 5.41) is 6.21. The Bertz CT molecular complexity index is 531. The van der Waals surface area contributed by atoms with Crippen molar-refractivity contribution in [3.63, 3.8) is 0 Å². The zero-order valence-electron chi connectivity index (χ0n) is 13.9. The summed E-state index contributed by atoms with van der Waals surface area (Å²) in [7, 11) is 0. The maximum Gasteiger partial charge on any atom is 0.270 e. The molecule has 1 unspecified atom stereocenters. The van der Waals surface area contributed by atoms with Crippen LogP contribution in [0.3, 0.4) is 0 Å². The van der Waals surface area contributed by atoms with Crippen LogP contribution in [-0.4, -0.2) is 41.7 Å². The Morgan fingerprint density at radius 1 is 1.32 bits per heavy atom. The van der Waals surface area contributed by atoms with Crippen molar-refractivity contribution < 1.29 is 9.53 Å². The number of hydrogen-bond donors (Lipinski definition) is 2. The number of carbonyl (C=O) groups is 1. The number of ether oxygens (including phenoxy) is 1. The zero-order chi connectivity index (χ0) is 16.1. The van der Waals surface area contributed by atoms with Gasteiger partial charge in [0.1, 0.15) is 17.3 Å². The van der Waals surface area contributed by atoms with Gasteiger partial charge >= 0.3 is 0 Å². The predicted molar refractivity (Wildman–Crippen MR) is 86.4 cm³/mol. The van der Waals surface area contributed by atoms with Crippen molar-refractivity contribution in [1.82, 2.24) is 15.3 Å². The van der Waals surface area contributed by atoms with Crippen molar-refractivity contribution >= 4 is 11.7 Å². The highest BCUT2D eigenvalue weighted by Crippen LogP contribution is 2.23. The molecule has 0 aromatic carbocycles. The number of nitrogens with one attached hydrogen (secondary N) is 2. The Hall–Kier alpha value is -1.69. The number of aromatic nitrogens is 2. The molecule has 0 fully saturated rings. The third-order valence-electron chi connectivity index (χ3n) is 3.77. The van der Waals surface area contributed by atoms with Crippen molar-refractivity contribution in [2.24, 2.45) is 0 Å². The van der Waals surface area contributed by atoms with Crippen LogP contribution in [0.4, 0.5) is 5.82 Å². The first-order chi connectivity index (χ1) is 10.6. The van der Waals surface area contributed by atoms with Gasteiger partial charge in [-0.15, -0.1) is 0 Å². The van der Waals surface area contributed by atoms with Gasteiger partial charge in [-0.2, -0.15) is 0 Å². The van der Waals surface area contributed by atoms with Gasteiger partial charge in [-0.25, -0.2) is 9.97 Å². The summed E-state index contributed by atoms with van der Waals surface area (Å²) in [6, 6.07) is 0. The summed E-state index contributed by atoms with van der Waals surface area (Å²) in [5.41, 5.74) is 1.43.